The zero-order valence-electron chi connectivity index (χ0n) is 11.5. The maximum Gasteiger partial charge on any atom is 0.389 e. The maximum atomic E-state index is 12.2. The molecule has 1 aliphatic rings. The predicted octanol–water partition coefficient (Wildman–Crippen LogP) is 3.98. The first-order valence-corrected chi connectivity index (χ1v) is 6.82. The molecule has 2 nitrogen and oxygen atoms in total. The summed E-state index contributed by atoms with van der Waals surface area (Å²) in [6.07, 6.45) is -2.93. The van der Waals surface area contributed by atoms with Gasteiger partial charge >= 0.3 is 6.18 Å². The molecule has 0 atom stereocenters. The SMILES string of the molecule is CC(=O)c1ccc2c(c1)CCCN2CCCC(F)(F)F. The molecule has 1 heterocycles. The lowest BCUT2D eigenvalue weighted by molar-refractivity contribution is -0.135. The minimum atomic E-state index is -4.09. The van der Waals surface area contributed by atoms with Crippen LogP contribution < -0.4 is 4.90 Å². The molecule has 0 saturated heterocycles. The fourth-order valence-corrected chi connectivity index (χ4v) is 2.60. The van der Waals surface area contributed by atoms with Gasteiger partial charge in [-0.15, -0.1) is 0 Å². The van der Waals surface area contributed by atoms with Crippen molar-refractivity contribution in [3.63, 3.8) is 0 Å². The summed E-state index contributed by atoms with van der Waals surface area (Å²) in [6.45, 7) is 2.71. The molecule has 0 unspecified atom stereocenters. The molecular formula is C15H18F3NO. The number of alkyl halides is 3. The average Bonchev–Trinajstić information content (AvgIpc) is 2.36. The first-order chi connectivity index (χ1) is 9.37. The van der Waals surface area contributed by atoms with Crippen LogP contribution in [-0.4, -0.2) is 25.0 Å². The van der Waals surface area contributed by atoms with Gasteiger partial charge in [-0.05, 0) is 49.9 Å². The molecule has 1 aliphatic heterocycles. The van der Waals surface area contributed by atoms with Gasteiger partial charge in [0, 0.05) is 30.8 Å². The Bertz CT molecular complexity index is 496. The number of fused-ring (bicyclic) bond motifs is 1. The average molecular weight is 285 g/mol. The lowest BCUT2D eigenvalue weighted by Gasteiger charge is -2.31. The molecule has 0 aromatic heterocycles. The molecule has 0 spiro atoms. The Morgan fingerprint density at radius 2 is 2.10 bits per heavy atom. The van der Waals surface area contributed by atoms with Gasteiger partial charge in [0.1, 0.15) is 0 Å². The number of anilines is 1. The molecule has 20 heavy (non-hydrogen) atoms. The minimum Gasteiger partial charge on any atom is -0.371 e. The van der Waals surface area contributed by atoms with Gasteiger partial charge in [-0.3, -0.25) is 4.79 Å². The number of hydrogen-bond donors (Lipinski definition) is 0. The fourth-order valence-electron chi connectivity index (χ4n) is 2.60. The Kier molecular flexibility index (Phi) is 4.35. The Morgan fingerprint density at radius 1 is 1.35 bits per heavy atom. The van der Waals surface area contributed by atoms with E-state index in [1.165, 1.54) is 6.92 Å². The van der Waals surface area contributed by atoms with Crippen molar-refractivity contribution in [3.05, 3.63) is 29.3 Å². The van der Waals surface area contributed by atoms with Crippen molar-refractivity contribution in [2.75, 3.05) is 18.0 Å². The van der Waals surface area contributed by atoms with Crippen LogP contribution in [0.25, 0.3) is 0 Å². The van der Waals surface area contributed by atoms with E-state index < -0.39 is 12.6 Å². The van der Waals surface area contributed by atoms with Gasteiger partial charge in [0.2, 0.25) is 0 Å². The highest BCUT2D eigenvalue weighted by Gasteiger charge is 2.27. The highest BCUT2D eigenvalue weighted by molar-refractivity contribution is 5.94. The number of rotatable bonds is 4. The second-order valence-corrected chi connectivity index (χ2v) is 5.21. The maximum absolute atomic E-state index is 12.2. The Labute approximate surface area is 116 Å². The van der Waals surface area contributed by atoms with Gasteiger partial charge in [0.15, 0.2) is 5.78 Å². The van der Waals surface area contributed by atoms with E-state index in [9.17, 15) is 18.0 Å². The number of nitrogens with zero attached hydrogens (tertiary/aromatic N) is 1. The summed E-state index contributed by atoms with van der Waals surface area (Å²) in [6, 6.07) is 5.48. The Balaban J connectivity index is 2.07. The normalized spacial score (nSPS) is 15.1. The standard InChI is InChI=1S/C15H18F3NO/c1-11(20)12-5-6-14-13(10-12)4-2-8-19(14)9-3-7-15(16,17)18/h5-6,10H,2-4,7-9H2,1H3. The van der Waals surface area contributed by atoms with Crippen LogP contribution in [0, 0.1) is 0 Å². The number of hydrogen-bond acceptors (Lipinski definition) is 2. The van der Waals surface area contributed by atoms with Gasteiger partial charge in [0.05, 0.1) is 0 Å². The van der Waals surface area contributed by atoms with Gasteiger partial charge in [0.25, 0.3) is 0 Å². The number of halogens is 3. The molecule has 0 radical (unpaired) electrons. The largest absolute Gasteiger partial charge is 0.389 e. The quantitative estimate of drug-likeness (QED) is 0.780. The summed E-state index contributed by atoms with van der Waals surface area (Å²) < 4.78 is 36.6. The third-order valence-corrected chi connectivity index (χ3v) is 3.59. The lowest BCUT2D eigenvalue weighted by atomic mass is 9.98. The van der Waals surface area contributed by atoms with Crippen LogP contribution in [-0.2, 0) is 6.42 Å². The van der Waals surface area contributed by atoms with Crippen LogP contribution in [0.5, 0.6) is 0 Å². The number of Topliss-reactive ketones (excluding diaryl/α,β-unsaturated/α-hetero) is 1. The predicted molar refractivity (Wildman–Crippen MR) is 72.3 cm³/mol. The molecule has 5 heteroatoms. The molecule has 110 valence electrons. The van der Waals surface area contributed by atoms with Crippen molar-refractivity contribution < 1.29 is 18.0 Å². The monoisotopic (exact) mass is 285 g/mol. The summed E-state index contributed by atoms with van der Waals surface area (Å²) in [5.74, 6) is 0.0157. The van der Waals surface area contributed by atoms with Crippen LogP contribution in [0.3, 0.4) is 0 Å². The molecule has 0 aliphatic carbocycles. The highest BCUT2D eigenvalue weighted by Crippen LogP contribution is 2.29. The lowest BCUT2D eigenvalue weighted by Crippen LogP contribution is -2.31. The van der Waals surface area contributed by atoms with Gasteiger partial charge in [-0.1, -0.05) is 0 Å². The number of carbonyl (C=O) groups excluding carboxylic acids is 1. The molecule has 1 aromatic rings. The third-order valence-electron chi connectivity index (χ3n) is 3.59. The first-order valence-electron chi connectivity index (χ1n) is 6.82. The van der Waals surface area contributed by atoms with E-state index in [-0.39, 0.29) is 12.2 Å². The summed E-state index contributed by atoms with van der Waals surface area (Å²) in [5.41, 5.74) is 2.71. The minimum absolute atomic E-state index is 0.0157. The third kappa shape index (κ3) is 3.74. The molecule has 0 saturated carbocycles. The van der Waals surface area contributed by atoms with Crippen LogP contribution in [0.15, 0.2) is 18.2 Å². The number of aryl methyl sites for hydroxylation is 1. The van der Waals surface area contributed by atoms with Crippen LogP contribution in [0.4, 0.5) is 18.9 Å². The number of benzene rings is 1. The molecule has 0 bridgehead atoms. The van der Waals surface area contributed by atoms with Crippen LogP contribution in [0.1, 0.15) is 42.1 Å². The van der Waals surface area contributed by atoms with Crippen molar-refractivity contribution in [2.45, 2.75) is 38.8 Å². The second kappa shape index (κ2) is 5.85. The zero-order valence-corrected chi connectivity index (χ0v) is 11.5. The fraction of sp³-hybridized carbons (Fsp3) is 0.533. The molecule has 2 rings (SSSR count). The molecule has 0 fully saturated rings. The van der Waals surface area contributed by atoms with Crippen molar-refractivity contribution in [3.8, 4) is 0 Å². The van der Waals surface area contributed by atoms with Crippen molar-refractivity contribution in [1.29, 1.82) is 0 Å². The van der Waals surface area contributed by atoms with E-state index in [1.54, 1.807) is 6.07 Å². The Morgan fingerprint density at radius 3 is 2.75 bits per heavy atom. The topological polar surface area (TPSA) is 20.3 Å². The number of carbonyl (C=O) groups is 1. The molecule has 0 N–H and O–H groups in total. The summed E-state index contributed by atoms with van der Waals surface area (Å²) >= 11 is 0. The molecule has 0 amide bonds. The van der Waals surface area contributed by atoms with E-state index in [0.717, 1.165) is 30.6 Å². The van der Waals surface area contributed by atoms with Crippen molar-refractivity contribution >= 4 is 11.5 Å². The van der Waals surface area contributed by atoms with E-state index in [2.05, 4.69) is 0 Å². The highest BCUT2D eigenvalue weighted by atomic mass is 19.4. The summed E-state index contributed by atoms with van der Waals surface area (Å²) in [5, 5.41) is 0. The van der Waals surface area contributed by atoms with Gasteiger partial charge < -0.3 is 4.90 Å². The Hall–Kier alpha value is -1.52. The van der Waals surface area contributed by atoms with Crippen LogP contribution in [0.2, 0.25) is 0 Å². The van der Waals surface area contributed by atoms with E-state index in [1.807, 2.05) is 17.0 Å². The number of ketones is 1. The van der Waals surface area contributed by atoms with E-state index in [0.29, 0.717) is 12.1 Å². The summed E-state index contributed by atoms with van der Waals surface area (Å²) in [4.78, 5) is 13.4. The van der Waals surface area contributed by atoms with Gasteiger partial charge in [-0.25, -0.2) is 0 Å². The van der Waals surface area contributed by atoms with Crippen molar-refractivity contribution in [1.82, 2.24) is 0 Å². The smallest absolute Gasteiger partial charge is 0.371 e. The van der Waals surface area contributed by atoms with Crippen molar-refractivity contribution in [2.24, 2.45) is 0 Å². The first kappa shape index (κ1) is 14.9. The van der Waals surface area contributed by atoms with E-state index >= 15 is 0 Å². The van der Waals surface area contributed by atoms with E-state index in [4.69, 9.17) is 0 Å². The second-order valence-electron chi connectivity index (χ2n) is 5.21. The molecular weight excluding hydrogens is 267 g/mol. The molecule has 1 aromatic carbocycles. The van der Waals surface area contributed by atoms with Crippen LogP contribution >= 0.6 is 0 Å². The summed E-state index contributed by atoms with van der Waals surface area (Å²) in [7, 11) is 0. The zero-order chi connectivity index (χ0) is 14.8. The van der Waals surface area contributed by atoms with Gasteiger partial charge in [-0.2, -0.15) is 13.2 Å².